The highest BCUT2D eigenvalue weighted by Crippen LogP contribution is 2.37. The van der Waals surface area contributed by atoms with Crippen molar-refractivity contribution < 1.29 is 4.79 Å². The van der Waals surface area contributed by atoms with Gasteiger partial charge in [-0.2, -0.15) is 16.9 Å². The Morgan fingerprint density at radius 2 is 2.00 bits per heavy atom. The molecule has 0 N–H and O–H groups in total. The third-order valence-corrected chi connectivity index (χ3v) is 7.10. The zero-order valence-corrected chi connectivity index (χ0v) is 16.3. The summed E-state index contributed by atoms with van der Waals surface area (Å²) in [4.78, 5) is 16.5. The van der Waals surface area contributed by atoms with E-state index in [0.29, 0.717) is 10.9 Å². The van der Waals surface area contributed by atoms with Gasteiger partial charge in [-0.3, -0.25) is 9.48 Å². The van der Waals surface area contributed by atoms with Crippen LogP contribution >= 0.6 is 23.1 Å². The maximum atomic E-state index is 13.1. The number of hydrogen-bond donors (Lipinski definition) is 0. The van der Waals surface area contributed by atoms with E-state index in [-0.39, 0.29) is 5.91 Å². The van der Waals surface area contributed by atoms with E-state index in [2.05, 4.69) is 22.6 Å². The molecule has 0 aliphatic carbocycles. The van der Waals surface area contributed by atoms with Crippen LogP contribution in [0.15, 0.2) is 53.9 Å². The van der Waals surface area contributed by atoms with Gasteiger partial charge in [0.2, 0.25) is 0 Å². The Bertz CT molecular complexity index is 874. The van der Waals surface area contributed by atoms with Gasteiger partial charge in [-0.15, -0.1) is 11.3 Å². The molecule has 1 aliphatic rings. The molecular weight excluding hydrogens is 362 g/mol. The smallest absolute Gasteiger partial charge is 0.272 e. The number of benzene rings is 1. The lowest BCUT2D eigenvalue weighted by molar-refractivity contribution is 0.0755. The Balaban J connectivity index is 1.50. The lowest BCUT2D eigenvalue weighted by Crippen LogP contribution is -2.34. The van der Waals surface area contributed by atoms with Crippen molar-refractivity contribution in [1.82, 2.24) is 14.7 Å². The van der Waals surface area contributed by atoms with Gasteiger partial charge >= 0.3 is 0 Å². The normalized spacial score (nSPS) is 17.9. The molecule has 3 aromatic rings. The largest absolute Gasteiger partial charge is 0.336 e. The second-order valence-corrected chi connectivity index (χ2v) is 8.65. The number of rotatable bonds is 3. The van der Waals surface area contributed by atoms with Gasteiger partial charge in [0.25, 0.3) is 5.91 Å². The molecule has 26 heavy (non-hydrogen) atoms. The van der Waals surface area contributed by atoms with Crippen LogP contribution in [0.4, 0.5) is 0 Å². The quantitative estimate of drug-likeness (QED) is 0.670. The average molecular weight is 384 g/mol. The van der Waals surface area contributed by atoms with Crippen molar-refractivity contribution in [3.05, 3.63) is 64.5 Å². The predicted molar refractivity (Wildman–Crippen MR) is 109 cm³/mol. The van der Waals surface area contributed by atoms with E-state index < -0.39 is 0 Å². The van der Waals surface area contributed by atoms with E-state index in [4.69, 9.17) is 0 Å². The average Bonchev–Trinajstić information content (AvgIpc) is 3.26. The lowest BCUT2D eigenvalue weighted by atomic mass is 10.1. The van der Waals surface area contributed by atoms with Gasteiger partial charge in [-0.05, 0) is 23.9 Å². The van der Waals surface area contributed by atoms with Gasteiger partial charge in [-0.1, -0.05) is 36.4 Å². The summed E-state index contributed by atoms with van der Waals surface area (Å²) in [6, 6.07) is 16.2. The maximum Gasteiger partial charge on any atom is 0.272 e. The summed E-state index contributed by atoms with van der Waals surface area (Å²) in [6.07, 6.45) is 1.00. The molecule has 6 heteroatoms. The summed E-state index contributed by atoms with van der Waals surface area (Å²) in [5.74, 6) is 1.05. The van der Waals surface area contributed by atoms with Crippen molar-refractivity contribution in [3.8, 4) is 11.3 Å². The molecule has 0 bridgehead atoms. The molecule has 1 aliphatic heterocycles. The Labute approximate surface area is 161 Å². The predicted octanol–water partition coefficient (Wildman–Crippen LogP) is 4.47. The van der Waals surface area contributed by atoms with Crippen molar-refractivity contribution in [1.29, 1.82) is 0 Å². The Morgan fingerprint density at radius 1 is 1.15 bits per heavy atom. The van der Waals surface area contributed by atoms with Gasteiger partial charge in [0.15, 0.2) is 0 Å². The number of amides is 1. The first-order valence-corrected chi connectivity index (χ1v) is 10.7. The lowest BCUT2D eigenvalue weighted by Gasteiger charge is -2.20. The fourth-order valence-electron chi connectivity index (χ4n) is 3.25. The highest BCUT2D eigenvalue weighted by atomic mass is 32.2. The molecular formula is C20H21N3OS2. The van der Waals surface area contributed by atoms with Gasteiger partial charge in [0.05, 0.1) is 5.69 Å². The van der Waals surface area contributed by atoms with E-state index in [1.807, 2.05) is 71.4 Å². The summed E-state index contributed by atoms with van der Waals surface area (Å²) in [5, 5.41) is 7.17. The van der Waals surface area contributed by atoms with Crippen molar-refractivity contribution in [2.24, 2.45) is 7.05 Å². The van der Waals surface area contributed by atoms with Crippen LogP contribution in [0.2, 0.25) is 0 Å². The molecule has 134 valence electrons. The van der Waals surface area contributed by atoms with Crippen molar-refractivity contribution >= 4 is 29.0 Å². The topological polar surface area (TPSA) is 38.1 Å². The summed E-state index contributed by atoms with van der Waals surface area (Å²) in [6.45, 7) is 1.58. The monoisotopic (exact) mass is 383 g/mol. The zero-order chi connectivity index (χ0) is 17.9. The van der Waals surface area contributed by atoms with E-state index in [1.54, 1.807) is 4.68 Å². The van der Waals surface area contributed by atoms with Crippen molar-refractivity contribution in [2.45, 2.75) is 11.7 Å². The number of thiophene rings is 1. The molecule has 1 fully saturated rings. The van der Waals surface area contributed by atoms with Gasteiger partial charge in [0.1, 0.15) is 5.69 Å². The molecule has 0 radical (unpaired) electrons. The van der Waals surface area contributed by atoms with Crippen LogP contribution in [0.5, 0.6) is 0 Å². The van der Waals surface area contributed by atoms with Gasteiger partial charge < -0.3 is 4.90 Å². The van der Waals surface area contributed by atoms with Crippen LogP contribution in [0, 0.1) is 0 Å². The van der Waals surface area contributed by atoms with E-state index in [0.717, 1.165) is 36.5 Å². The minimum atomic E-state index is 0.0783. The van der Waals surface area contributed by atoms with E-state index in [9.17, 15) is 4.79 Å². The SMILES string of the molecule is Cn1nc(-c2ccccc2)cc1C(=O)N1CCSC(c2cccs2)CC1. The molecule has 1 amide bonds. The Kier molecular flexibility index (Phi) is 5.13. The number of nitrogens with zero attached hydrogens (tertiary/aromatic N) is 3. The first-order valence-electron chi connectivity index (χ1n) is 8.76. The van der Waals surface area contributed by atoms with Crippen LogP contribution in [0.1, 0.15) is 27.0 Å². The fraction of sp³-hybridized carbons (Fsp3) is 0.300. The number of thioether (sulfide) groups is 1. The van der Waals surface area contributed by atoms with Crippen LogP contribution in [-0.4, -0.2) is 39.4 Å². The van der Waals surface area contributed by atoms with Crippen molar-refractivity contribution in [3.63, 3.8) is 0 Å². The van der Waals surface area contributed by atoms with Gasteiger partial charge in [0, 0.05) is 41.6 Å². The number of carbonyl (C=O) groups excluding carboxylic acids is 1. The summed E-state index contributed by atoms with van der Waals surface area (Å²) < 4.78 is 1.71. The zero-order valence-electron chi connectivity index (χ0n) is 14.7. The highest BCUT2D eigenvalue weighted by molar-refractivity contribution is 7.99. The second-order valence-electron chi connectivity index (χ2n) is 6.36. The number of carbonyl (C=O) groups is 1. The maximum absolute atomic E-state index is 13.1. The standard InChI is InChI=1S/C20H21N3OS2/c1-22-17(14-16(21-22)15-6-3-2-4-7-15)20(24)23-10-9-19(26-13-11-23)18-8-5-12-25-18/h2-8,12,14,19H,9-11,13H2,1H3. The highest BCUT2D eigenvalue weighted by Gasteiger charge is 2.25. The molecule has 1 atom stereocenters. The van der Waals surface area contributed by atoms with Crippen LogP contribution in [0.3, 0.4) is 0 Å². The third kappa shape index (κ3) is 3.57. The molecule has 3 heterocycles. The summed E-state index contributed by atoms with van der Waals surface area (Å²) >= 11 is 3.77. The summed E-state index contributed by atoms with van der Waals surface area (Å²) in [5.41, 5.74) is 2.53. The third-order valence-electron chi connectivity index (χ3n) is 4.66. The minimum Gasteiger partial charge on any atom is -0.336 e. The van der Waals surface area contributed by atoms with Gasteiger partial charge in [-0.25, -0.2) is 0 Å². The summed E-state index contributed by atoms with van der Waals surface area (Å²) in [7, 11) is 1.85. The second kappa shape index (κ2) is 7.68. The molecule has 2 aromatic heterocycles. The fourth-order valence-corrected chi connectivity index (χ4v) is 5.49. The first kappa shape index (κ1) is 17.4. The molecule has 0 saturated carbocycles. The Hall–Kier alpha value is -2.05. The number of aromatic nitrogens is 2. The van der Waals surface area contributed by atoms with Crippen LogP contribution in [0.25, 0.3) is 11.3 Å². The Morgan fingerprint density at radius 3 is 2.77 bits per heavy atom. The van der Waals surface area contributed by atoms with E-state index >= 15 is 0 Å². The molecule has 4 nitrogen and oxygen atoms in total. The molecule has 1 saturated heterocycles. The number of hydrogen-bond acceptors (Lipinski definition) is 4. The number of aryl methyl sites for hydroxylation is 1. The van der Waals surface area contributed by atoms with E-state index in [1.165, 1.54) is 4.88 Å². The molecule has 4 rings (SSSR count). The molecule has 1 aromatic carbocycles. The van der Waals surface area contributed by atoms with Crippen molar-refractivity contribution in [2.75, 3.05) is 18.8 Å². The first-order chi connectivity index (χ1) is 12.7. The van der Waals surface area contributed by atoms with Crippen LogP contribution < -0.4 is 0 Å². The van der Waals surface area contributed by atoms with Crippen LogP contribution in [-0.2, 0) is 7.05 Å². The minimum absolute atomic E-state index is 0.0783. The molecule has 0 spiro atoms. The molecule has 1 unspecified atom stereocenters.